The summed E-state index contributed by atoms with van der Waals surface area (Å²) in [6.07, 6.45) is 0.829. The maximum Gasteiger partial charge on any atom is 0.251 e. The molecule has 1 unspecified atom stereocenters. The number of nitrogens with one attached hydrogen (secondary N) is 1. The molecule has 1 aromatic rings. The third kappa shape index (κ3) is 3.56. The molecule has 0 radical (unpaired) electrons. The van der Waals surface area contributed by atoms with Crippen LogP contribution in [-0.2, 0) is 0 Å². The van der Waals surface area contributed by atoms with Crippen LogP contribution in [-0.4, -0.2) is 17.3 Å². The summed E-state index contributed by atoms with van der Waals surface area (Å²) >= 11 is 6.35. The number of amides is 1. The van der Waals surface area contributed by atoms with Crippen molar-refractivity contribution in [2.75, 3.05) is 5.33 Å². The molecule has 0 spiro atoms. The number of carbonyl (C=O) groups excluding carboxylic acids is 1. The summed E-state index contributed by atoms with van der Waals surface area (Å²) in [7, 11) is 0. The van der Waals surface area contributed by atoms with E-state index in [2.05, 4.69) is 37.2 Å². The van der Waals surface area contributed by atoms with Crippen LogP contribution in [0, 0.1) is 5.82 Å². The van der Waals surface area contributed by atoms with Crippen molar-refractivity contribution in [3.63, 3.8) is 0 Å². The summed E-state index contributed by atoms with van der Waals surface area (Å²) < 4.78 is 13.6. The van der Waals surface area contributed by atoms with Crippen molar-refractivity contribution < 1.29 is 9.18 Å². The molecule has 0 saturated heterocycles. The number of halogens is 3. The van der Waals surface area contributed by atoms with E-state index in [0.717, 1.165) is 6.42 Å². The van der Waals surface area contributed by atoms with E-state index in [4.69, 9.17) is 0 Å². The van der Waals surface area contributed by atoms with Crippen LogP contribution in [0.25, 0.3) is 0 Å². The zero-order valence-corrected chi connectivity index (χ0v) is 11.9. The Morgan fingerprint density at radius 1 is 1.56 bits per heavy atom. The molecule has 16 heavy (non-hydrogen) atoms. The van der Waals surface area contributed by atoms with Gasteiger partial charge in [0, 0.05) is 16.9 Å². The average molecular weight is 353 g/mol. The van der Waals surface area contributed by atoms with E-state index in [1.165, 1.54) is 12.1 Å². The second kappa shape index (κ2) is 6.35. The first kappa shape index (κ1) is 13.6. The zero-order valence-electron chi connectivity index (χ0n) is 8.77. The van der Waals surface area contributed by atoms with Gasteiger partial charge in [0.25, 0.3) is 5.91 Å². The van der Waals surface area contributed by atoms with Gasteiger partial charge in [-0.2, -0.15) is 0 Å². The van der Waals surface area contributed by atoms with Crippen molar-refractivity contribution in [2.45, 2.75) is 19.4 Å². The fourth-order valence-electron chi connectivity index (χ4n) is 1.16. The molecule has 1 atom stereocenters. The van der Waals surface area contributed by atoms with Crippen LogP contribution in [0.5, 0.6) is 0 Å². The Labute approximate surface area is 111 Å². The highest BCUT2D eigenvalue weighted by molar-refractivity contribution is 9.10. The smallest absolute Gasteiger partial charge is 0.251 e. The summed E-state index contributed by atoms with van der Waals surface area (Å²) in [5.74, 6) is -0.683. The standard InChI is InChI=1S/C11H12Br2FNO/c1-2-8(6-12)15-11(16)7-3-4-9(13)10(14)5-7/h3-5,8H,2,6H2,1H3,(H,15,16). The van der Waals surface area contributed by atoms with Crippen LogP contribution in [0.2, 0.25) is 0 Å². The fourth-order valence-corrected chi connectivity index (χ4v) is 2.02. The van der Waals surface area contributed by atoms with Crippen molar-refractivity contribution in [1.29, 1.82) is 0 Å². The van der Waals surface area contributed by atoms with Crippen LogP contribution in [0.1, 0.15) is 23.7 Å². The molecule has 0 heterocycles. The van der Waals surface area contributed by atoms with Gasteiger partial charge in [-0.25, -0.2) is 4.39 Å². The normalized spacial score (nSPS) is 12.2. The predicted molar refractivity (Wildman–Crippen MR) is 69.4 cm³/mol. The summed E-state index contributed by atoms with van der Waals surface area (Å²) in [5, 5.41) is 3.50. The van der Waals surface area contributed by atoms with Gasteiger partial charge >= 0.3 is 0 Å². The Hall–Kier alpha value is -0.420. The minimum atomic E-state index is -0.431. The monoisotopic (exact) mass is 351 g/mol. The molecule has 1 aromatic carbocycles. The summed E-state index contributed by atoms with van der Waals surface area (Å²) in [6.45, 7) is 1.98. The second-order valence-corrected chi connectivity index (χ2v) is 4.86. The van der Waals surface area contributed by atoms with Gasteiger partial charge in [0.2, 0.25) is 0 Å². The van der Waals surface area contributed by atoms with Crippen molar-refractivity contribution in [3.8, 4) is 0 Å². The maximum atomic E-state index is 13.2. The molecule has 1 amide bonds. The van der Waals surface area contributed by atoms with E-state index in [1.807, 2.05) is 6.92 Å². The summed E-state index contributed by atoms with van der Waals surface area (Å²) in [6, 6.07) is 4.41. The number of rotatable bonds is 4. The highest BCUT2D eigenvalue weighted by Gasteiger charge is 2.12. The molecule has 0 fully saturated rings. The Morgan fingerprint density at radius 3 is 2.75 bits per heavy atom. The van der Waals surface area contributed by atoms with E-state index >= 15 is 0 Å². The van der Waals surface area contributed by atoms with Crippen LogP contribution in [0.4, 0.5) is 4.39 Å². The molecule has 0 saturated carbocycles. The minimum absolute atomic E-state index is 0.0687. The molecule has 1 rings (SSSR count). The minimum Gasteiger partial charge on any atom is -0.348 e. The predicted octanol–water partition coefficient (Wildman–Crippen LogP) is 3.49. The first-order valence-electron chi connectivity index (χ1n) is 4.90. The highest BCUT2D eigenvalue weighted by atomic mass is 79.9. The first-order chi connectivity index (χ1) is 7.58. The average Bonchev–Trinajstić information content (AvgIpc) is 2.29. The number of carbonyl (C=O) groups is 1. The lowest BCUT2D eigenvalue weighted by Crippen LogP contribution is -2.35. The Kier molecular flexibility index (Phi) is 5.41. The highest BCUT2D eigenvalue weighted by Crippen LogP contribution is 2.16. The lowest BCUT2D eigenvalue weighted by Gasteiger charge is -2.13. The van der Waals surface area contributed by atoms with E-state index < -0.39 is 5.82 Å². The molecule has 0 aliphatic heterocycles. The molecule has 0 aromatic heterocycles. The number of alkyl halides is 1. The van der Waals surface area contributed by atoms with Crippen molar-refractivity contribution in [1.82, 2.24) is 5.32 Å². The lowest BCUT2D eigenvalue weighted by atomic mass is 10.2. The van der Waals surface area contributed by atoms with Gasteiger partial charge < -0.3 is 5.32 Å². The van der Waals surface area contributed by atoms with Crippen LogP contribution in [0.15, 0.2) is 22.7 Å². The van der Waals surface area contributed by atoms with E-state index in [0.29, 0.717) is 15.4 Å². The summed E-state index contributed by atoms with van der Waals surface area (Å²) in [5.41, 5.74) is 0.333. The molecule has 5 heteroatoms. The van der Waals surface area contributed by atoms with Gasteiger partial charge in [-0.15, -0.1) is 0 Å². The maximum absolute atomic E-state index is 13.2. The molecule has 88 valence electrons. The van der Waals surface area contributed by atoms with Gasteiger partial charge in [-0.1, -0.05) is 22.9 Å². The third-order valence-electron chi connectivity index (χ3n) is 2.20. The Balaban J connectivity index is 2.76. The van der Waals surface area contributed by atoms with Crippen LogP contribution < -0.4 is 5.32 Å². The summed E-state index contributed by atoms with van der Waals surface area (Å²) in [4.78, 5) is 11.7. The topological polar surface area (TPSA) is 29.1 Å². The van der Waals surface area contributed by atoms with E-state index in [1.54, 1.807) is 6.07 Å². The SMILES string of the molecule is CCC(CBr)NC(=O)c1ccc(Br)c(F)c1. The van der Waals surface area contributed by atoms with Crippen LogP contribution >= 0.6 is 31.9 Å². The van der Waals surface area contributed by atoms with Crippen molar-refractivity contribution in [2.24, 2.45) is 0 Å². The molecular formula is C11H12Br2FNO. The van der Waals surface area contributed by atoms with Gasteiger partial charge in [-0.3, -0.25) is 4.79 Å². The number of hydrogen-bond donors (Lipinski definition) is 1. The number of benzene rings is 1. The van der Waals surface area contributed by atoms with Gasteiger partial charge in [0.1, 0.15) is 5.82 Å². The largest absolute Gasteiger partial charge is 0.348 e. The molecule has 1 N–H and O–H groups in total. The molecule has 0 bridgehead atoms. The lowest BCUT2D eigenvalue weighted by molar-refractivity contribution is 0.0939. The zero-order chi connectivity index (χ0) is 12.1. The van der Waals surface area contributed by atoms with Crippen molar-refractivity contribution >= 4 is 37.8 Å². The second-order valence-electron chi connectivity index (χ2n) is 3.36. The van der Waals surface area contributed by atoms with E-state index in [9.17, 15) is 9.18 Å². The van der Waals surface area contributed by atoms with Gasteiger partial charge in [0.15, 0.2) is 0 Å². The van der Waals surface area contributed by atoms with Crippen LogP contribution in [0.3, 0.4) is 0 Å². The Morgan fingerprint density at radius 2 is 2.25 bits per heavy atom. The molecule has 2 nitrogen and oxygen atoms in total. The third-order valence-corrected chi connectivity index (χ3v) is 3.62. The molecule has 0 aliphatic carbocycles. The first-order valence-corrected chi connectivity index (χ1v) is 6.81. The molecule has 0 aliphatic rings. The fraction of sp³-hybridized carbons (Fsp3) is 0.364. The van der Waals surface area contributed by atoms with Gasteiger partial charge in [0.05, 0.1) is 4.47 Å². The number of hydrogen-bond acceptors (Lipinski definition) is 1. The Bertz CT molecular complexity index is 380. The quantitative estimate of drug-likeness (QED) is 0.825. The molecular weight excluding hydrogens is 341 g/mol. The van der Waals surface area contributed by atoms with Gasteiger partial charge in [-0.05, 0) is 40.5 Å². The van der Waals surface area contributed by atoms with E-state index in [-0.39, 0.29) is 11.9 Å². The van der Waals surface area contributed by atoms with Crippen molar-refractivity contribution in [3.05, 3.63) is 34.1 Å².